The smallest absolute Gasteiger partial charge is 0.165 e. The van der Waals surface area contributed by atoms with Crippen LogP contribution in [0, 0.1) is 36.4 Å². The summed E-state index contributed by atoms with van der Waals surface area (Å²) in [6, 6.07) is 22.2. The minimum Gasteiger partial charge on any atom is -0.489 e. The summed E-state index contributed by atoms with van der Waals surface area (Å²) in [6.07, 6.45) is 2.16. The summed E-state index contributed by atoms with van der Waals surface area (Å²) < 4.78 is 25.8. The zero-order chi connectivity index (χ0) is 33.5. The van der Waals surface area contributed by atoms with E-state index in [1.54, 1.807) is 23.7 Å². The van der Waals surface area contributed by atoms with Crippen LogP contribution in [0.1, 0.15) is 52.2 Å². The monoisotopic (exact) mass is 662 g/mol. The highest BCUT2D eigenvalue weighted by atomic mass is 32.1. The highest BCUT2D eigenvalue weighted by Gasteiger charge is 2.21. The molecule has 1 N–H and O–H groups in total. The van der Waals surface area contributed by atoms with Crippen molar-refractivity contribution in [3.63, 3.8) is 0 Å². The molecule has 7 nitrogen and oxygen atoms in total. The number of carbonyl (C=O) groups is 1. The van der Waals surface area contributed by atoms with Crippen molar-refractivity contribution in [2.24, 2.45) is 11.8 Å². The molecule has 0 aliphatic carbocycles. The topological polar surface area (TPSA) is 76.6 Å². The van der Waals surface area contributed by atoms with Gasteiger partial charge >= 0.3 is 0 Å². The molecule has 9 heteroatoms. The fourth-order valence-corrected chi connectivity index (χ4v) is 6.54. The molecular weight excluding hydrogens is 624 g/mol. The van der Waals surface area contributed by atoms with Crippen molar-refractivity contribution in [3.05, 3.63) is 112 Å². The molecule has 246 valence electrons. The van der Waals surface area contributed by atoms with E-state index in [1.807, 2.05) is 56.3 Å². The van der Waals surface area contributed by atoms with Gasteiger partial charge in [-0.15, -0.1) is 11.3 Å². The third kappa shape index (κ3) is 8.45. The maximum absolute atomic E-state index is 13.5. The largest absolute Gasteiger partial charge is 0.489 e. The first-order valence-corrected chi connectivity index (χ1v) is 17.1. The Morgan fingerprint density at radius 2 is 1.85 bits per heavy atom. The first-order chi connectivity index (χ1) is 23.3. The highest BCUT2D eigenvalue weighted by molar-refractivity contribution is 7.20. The average Bonchev–Trinajstić information content (AvgIpc) is 3.52. The van der Waals surface area contributed by atoms with Crippen LogP contribution >= 0.6 is 11.3 Å². The van der Waals surface area contributed by atoms with E-state index in [0.29, 0.717) is 12.2 Å². The van der Waals surface area contributed by atoms with Gasteiger partial charge in [-0.05, 0) is 65.9 Å². The van der Waals surface area contributed by atoms with Crippen LogP contribution in [0.5, 0.6) is 5.75 Å². The van der Waals surface area contributed by atoms with Crippen molar-refractivity contribution in [2.45, 2.75) is 40.3 Å². The number of ketones is 1. The third-order valence-electron chi connectivity index (χ3n) is 8.68. The van der Waals surface area contributed by atoms with Gasteiger partial charge in [-0.25, -0.2) is 14.4 Å². The highest BCUT2D eigenvalue weighted by Crippen LogP contribution is 2.32. The van der Waals surface area contributed by atoms with E-state index >= 15 is 0 Å². The molecule has 1 fully saturated rings. The van der Waals surface area contributed by atoms with E-state index in [9.17, 15) is 9.18 Å². The summed E-state index contributed by atoms with van der Waals surface area (Å²) in [7, 11) is 0. The number of morpholine rings is 1. The summed E-state index contributed by atoms with van der Waals surface area (Å²) in [6.45, 7) is 10.6. The van der Waals surface area contributed by atoms with Crippen LogP contribution in [0.3, 0.4) is 0 Å². The lowest BCUT2D eigenvalue weighted by molar-refractivity contribution is 0.0342. The van der Waals surface area contributed by atoms with Crippen molar-refractivity contribution in [1.29, 1.82) is 0 Å². The maximum atomic E-state index is 13.5. The number of anilines is 2. The van der Waals surface area contributed by atoms with E-state index in [2.05, 4.69) is 51.1 Å². The Kier molecular flexibility index (Phi) is 10.8. The number of aromatic nitrogens is 2. The van der Waals surface area contributed by atoms with Gasteiger partial charge < -0.3 is 14.8 Å². The summed E-state index contributed by atoms with van der Waals surface area (Å²) in [5, 5.41) is 3.41. The van der Waals surface area contributed by atoms with Gasteiger partial charge in [0.15, 0.2) is 11.6 Å². The van der Waals surface area contributed by atoms with Crippen LogP contribution < -0.4 is 10.1 Å². The lowest BCUT2D eigenvalue weighted by Gasteiger charge is -2.26. The van der Waals surface area contributed by atoms with Gasteiger partial charge in [0, 0.05) is 43.2 Å². The fourth-order valence-electron chi connectivity index (χ4n) is 5.61. The van der Waals surface area contributed by atoms with Gasteiger partial charge in [-0.1, -0.05) is 62.1 Å². The Morgan fingerprint density at radius 1 is 1.04 bits per heavy atom. The summed E-state index contributed by atoms with van der Waals surface area (Å²) in [5.41, 5.74) is 5.37. The molecule has 1 unspecified atom stereocenters. The number of thiophene rings is 1. The van der Waals surface area contributed by atoms with E-state index in [-0.39, 0.29) is 30.0 Å². The fraction of sp³-hybridized carbons (Fsp3) is 0.308. The molecule has 1 saturated heterocycles. The van der Waals surface area contributed by atoms with Crippen molar-refractivity contribution in [2.75, 3.05) is 31.6 Å². The number of ether oxygens (including phenoxy) is 2. The lowest BCUT2D eigenvalue weighted by atomic mass is 9.86. The minimum absolute atomic E-state index is 0.105. The number of nitrogens with zero attached hydrogens (tertiary/aromatic N) is 3. The molecule has 3 aromatic carbocycles. The number of carbonyl (C=O) groups excluding carboxylic acids is 1. The predicted molar refractivity (Wildman–Crippen MR) is 189 cm³/mol. The molecule has 0 spiro atoms. The van der Waals surface area contributed by atoms with Crippen molar-refractivity contribution in [3.8, 4) is 17.6 Å². The summed E-state index contributed by atoms with van der Waals surface area (Å²) in [4.78, 5) is 25.5. The number of fused-ring (bicyclic) bond motifs is 1. The van der Waals surface area contributed by atoms with Crippen LogP contribution in [0.25, 0.3) is 10.2 Å². The number of benzene rings is 3. The summed E-state index contributed by atoms with van der Waals surface area (Å²) >= 11 is 1.54. The van der Waals surface area contributed by atoms with Crippen LogP contribution in [-0.2, 0) is 17.9 Å². The third-order valence-corrected chi connectivity index (χ3v) is 9.73. The normalized spacial score (nSPS) is 14.6. The molecular formula is C39H39FN4O3S. The van der Waals surface area contributed by atoms with Gasteiger partial charge in [0.25, 0.3) is 0 Å². The zero-order valence-corrected chi connectivity index (χ0v) is 28.3. The number of nitrogens with one attached hydrogen (secondary N) is 1. The van der Waals surface area contributed by atoms with Crippen LogP contribution in [0.4, 0.5) is 15.9 Å². The Morgan fingerprint density at radius 3 is 2.62 bits per heavy atom. The van der Waals surface area contributed by atoms with E-state index in [4.69, 9.17) is 9.47 Å². The zero-order valence-electron chi connectivity index (χ0n) is 27.5. The van der Waals surface area contributed by atoms with Crippen molar-refractivity contribution >= 4 is 38.8 Å². The standard InChI is InChI=1S/C39H39FN4O3S/c1-26(28(3)37(45)31-12-10-29(11-13-31)23-44-16-18-46-19-17-44)6-4-9-34-22-35-38(48-34)39(42-25-41-35)43-33-14-15-36(27(2)20-33)47-24-30-7-5-8-32(40)21-30/h5,7-8,10-15,20-22,25-26,28H,6,16-19,23-24H2,1-3H3,(H,41,42,43)/t26?,28-/m0/s1. The molecule has 1 aliphatic rings. The first kappa shape index (κ1) is 33.3. The Hall–Kier alpha value is -4.62. The van der Waals surface area contributed by atoms with Gasteiger partial charge in [0.1, 0.15) is 24.5 Å². The van der Waals surface area contributed by atoms with Crippen LogP contribution in [-0.4, -0.2) is 47.0 Å². The Bertz CT molecular complexity index is 1940. The number of aryl methyl sites for hydroxylation is 1. The molecule has 48 heavy (non-hydrogen) atoms. The minimum atomic E-state index is -0.278. The molecule has 0 saturated carbocycles. The van der Waals surface area contributed by atoms with E-state index in [1.165, 1.54) is 17.7 Å². The second kappa shape index (κ2) is 15.5. The van der Waals surface area contributed by atoms with E-state index < -0.39 is 0 Å². The quantitative estimate of drug-likeness (QED) is 0.113. The van der Waals surface area contributed by atoms with Gasteiger partial charge in [-0.3, -0.25) is 9.69 Å². The second-order valence-electron chi connectivity index (χ2n) is 12.3. The maximum Gasteiger partial charge on any atom is 0.165 e. The predicted octanol–water partition coefficient (Wildman–Crippen LogP) is 8.19. The molecule has 0 radical (unpaired) electrons. The van der Waals surface area contributed by atoms with Gasteiger partial charge in [0.05, 0.1) is 28.3 Å². The average molecular weight is 663 g/mol. The van der Waals surface area contributed by atoms with Gasteiger partial charge in [0.2, 0.25) is 0 Å². The number of hydrogen-bond donors (Lipinski definition) is 1. The molecule has 1 aliphatic heterocycles. The first-order valence-electron chi connectivity index (χ1n) is 16.2. The van der Waals surface area contributed by atoms with Crippen molar-refractivity contribution < 1.29 is 18.7 Å². The van der Waals surface area contributed by atoms with E-state index in [0.717, 1.165) is 76.1 Å². The van der Waals surface area contributed by atoms with Gasteiger partial charge in [-0.2, -0.15) is 0 Å². The molecule has 3 heterocycles. The molecule has 0 bridgehead atoms. The number of halogens is 1. The molecule has 0 amide bonds. The number of hydrogen-bond acceptors (Lipinski definition) is 8. The molecule has 2 atom stereocenters. The second-order valence-corrected chi connectivity index (χ2v) is 13.3. The molecule has 2 aromatic heterocycles. The van der Waals surface area contributed by atoms with Crippen LogP contribution in [0.2, 0.25) is 0 Å². The molecule has 6 rings (SSSR count). The summed E-state index contributed by atoms with van der Waals surface area (Å²) in [5.74, 6) is 7.86. The van der Waals surface area contributed by atoms with Crippen LogP contribution in [0.15, 0.2) is 79.1 Å². The number of Topliss-reactive ketones (excluding diaryl/α,β-unsaturated/α-hetero) is 1. The number of rotatable bonds is 11. The van der Waals surface area contributed by atoms with Crippen molar-refractivity contribution in [1.82, 2.24) is 14.9 Å². The lowest BCUT2D eigenvalue weighted by Crippen LogP contribution is -2.35. The SMILES string of the molecule is Cc1cc(Nc2ncnc3cc(C#CCC(C)[C@H](C)C(=O)c4ccc(CN5CCOCC5)cc4)sc23)ccc1OCc1cccc(F)c1. The Labute approximate surface area is 285 Å². The Balaban J connectivity index is 1.05. The molecule has 5 aromatic rings.